The van der Waals surface area contributed by atoms with Gasteiger partial charge in [0.25, 0.3) is 0 Å². The van der Waals surface area contributed by atoms with Crippen LogP contribution in [0.15, 0.2) is 18.2 Å². The third kappa shape index (κ3) is 3.67. The molecule has 1 aromatic rings. The molecule has 0 aromatic heterocycles. The average molecular weight is 252 g/mol. The number of hydrogen-bond donors (Lipinski definition) is 1. The zero-order valence-corrected chi connectivity index (χ0v) is 9.09. The monoisotopic (exact) mass is 252 g/mol. The Labute approximate surface area is 95.8 Å². The van der Waals surface area contributed by atoms with Gasteiger partial charge in [0.05, 0.1) is 11.7 Å². The van der Waals surface area contributed by atoms with Gasteiger partial charge in [0, 0.05) is 20.1 Å². The molecule has 0 fully saturated rings. The molecule has 0 aliphatic carbocycles. The van der Waals surface area contributed by atoms with Gasteiger partial charge in [-0.3, -0.25) is 0 Å². The summed E-state index contributed by atoms with van der Waals surface area (Å²) in [6.07, 6.45) is -5.71. The molecule has 0 saturated carbocycles. The maximum absolute atomic E-state index is 13.0. The van der Waals surface area contributed by atoms with E-state index in [4.69, 9.17) is 4.74 Å². The Kier molecular flexibility index (Phi) is 4.47. The molecule has 0 amide bonds. The first-order chi connectivity index (χ1) is 7.86. The quantitative estimate of drug-likeness (QED) is 0.835. The predicted molar refractivity (Wildman–Crippen MR) is 52.9 cm³/mol. The highest BCUT2D eigenvalue weighted by molar-refractivity contribution is 5.28. The Morgan fingerprint density at radius 3 is 2.53 bits per heavy atom. The van der Waals surface area contributed by atoms with Crippen LogP contribution in [0.3, 0.4) is 0 Å². The van der Waals surface area contributed by atoms with Gasteiger partial charge in [0.1, 0.15) is 5.82 Å². The summed E-state index contributed by atoms with van der Waals surface area (Å²) in [6.45, 7) is 0.208. The van der Waals surface area contributed by atoms with Gasteiger partial charge in [0.2, 0.25) is 0 Å². The van der Waals surface area contributed by atoms with Crippen molar-refractivity contribution in [3.63, 3.8) is 0 Å². The minimum Gasteiger partial charge on any atom is -0.388 e. The van der Waals surface area contributed by atoms with E-state index in [1.807, 2.05) is 0 Å². The van der Waals surface area contributed by atoms with Crippen molar-refractivity contribution in [2.45, 2.75) is 18.7 Å². The van der Waals surface area contributed by atoms with Gasteiger partial charge in [-0.1, -0.05) is 6.07 Å². The minimum absolute atomic E-state index is 0.0239. The van der Waals surface area contributed by atoms with Gasteiger partial charge >= 0.3 is 6.18 Å². The lowest BCUT2D eigenvalue weighted by Crippen LogP contribution is -2.10. The van der Waals surface area contributed by atoms with E-state index in [9.17, 15) is 22.7 Å². The van der Waals surface area contributed by atoms with Crippen LogP contribution in [-0.2, 0) is 10.9 Å². The molecule has 2 nitrogen and oxygen atoms in total. The second kappa shape index (κ2) is 5.46. The lowest BCUT2D eigenvalue weighted by Gasteiger charge is -2.14. The minimum atomic E-state index is -4.76. The molecule has 0 bridgehead atoms. The highest BCUT2D eigenvalue weighted by Gasteiger charge is 2.34. The van der Waals surface area contributed by atoms with Crippen LogP contribution in [0.2, 0.25) is 0 Å². The summed E-state index contributed by atoms with van der Waals surface area (Å²) in [5.41, 5.74) is -1.35. The molecule has 0 spiro atoms. The van der Waals surface area contributed by atoms with Gasteiger partial charge in [-0.15, -0.1) is 0 Å². The molecule has 1 rings (SSSR count). The van der Waals surface area contributed by atoms with Crippen molar-refractivity contribution in [3.05, 3.63) is 35.1 Å². The number of rotatable bonds is 4. The molecule has 0 aliphatic rings. The molecule has 0 saturated heterocycles. The maximum Gasteiger partial charge on any atom is 0.419 e. The van der Waals surface area contributed by atoms with Crippen molar-refractivity contribution in [1.82, 2.24) is 0 Å². The number of aliphatic hydroxyl groups is 1. The third-order valence-electron chi connectivity index (χ3n) is 2.28. The first-order valence-corrected chi connectivity index (χ1v) is 4.90. The Morgan fingerprint density at radius 2 is 2.00 bits per heavy atom. The number of hydrogen-bond acceptors (Lipinski definition) is 2. The summed E-state index contributed by atoms with van der Waals surface area (Å²) in [7, 11) is 1.42. The third-order valence-corrected chi connectivity index (χ3v) is 2.28. The summed E-state index contributed by atoms with van der Waals surface area (Å²) >= 11 is 0. The topological polar surface area (TPSA) is 29.5 Å². The fourth-order valence-electron chi connectivity index (χ4n) is 1.36. The first-order valence-electron chi connectivity index (χ1n) is 4.90. The van der Waals surface area contributed by atoms with Crippen LogP contribution in [0.1, 0.15) is 23.7 Å². The Balaban J connectivity index is 2.96. The van der Waals surface area contributed by atoms with Crippen LogP contribution in [0.25, 0.3) is 0 Å². The molecule has 1 N–H and O–H groups in total. The van der Waals surface area contributed by atoms with Crippen molar-refractivity contribution in [2.75, 3.05) is 13.7 Å². The molecular weight excluding hydrogens is 240 g/mol. The van der Waals surface area contributed by atoms with Gasteiger partial charge < -0.3 is 9.84 Å². The standard InChI is InChI=1S/C11H12F4O2/c1-17-5-4-10(16)7-2-3-9(12)8(6-7)11(13,14)15/h2-3,6,10,16H,4-5H2,1H3. The molecule has 17 heavy (non-hydrogen) atoms. The Morgan fingerprint density at radius 1 is 1.35 bits per heavy atom. The van der Waals surface area contributed by atoms with Gasteiger partial charge in [-0.05, 0) is 17.7 Å². The first kappa shape index (κ1) is 13.9. The largest absolute Gasteiger partial charge is 0.419 e. The molecule has 0 heterocycles. The molecule has 1 aromatic carbocycles. The van der Waals surface area contributed by atoms with Crippen molar-refractivity contribution in [3.8, 4) is 0 Å². The summed E-state index contributed by atoms with van der Waals surface area (Å²) in [6, 6.07) is 2.45. The molecule has 0 aliphatic heterocycles. The number of alkyl halides is 3. The molecular formula is C11H12F4O2. The van der Waals surface area contributed by atoms with Crippen LogP contribution in [-0.4, -0.2) is 18.8 Å². The van der Waals surface area contributed by atoms with E-state index in [1.165, 1.54) is 7.11 Å². The van der Waals surface area contributed by atoms with Crippen molar-refractivity contribution in [1.29, 1.82) is 0 Å². The highest BCUT2D eigenvalue weighted by Crippen LogP contribution is 2.33. The Hall–Kier alpha value is -1.14. The van der Waals surface area contributed by atoms with Crippen LogP contribution in [0.4, 0.5) is 17.6 Å². The van der Waals surface area contributed by atoms with Crippen LogP contribution in [0.5, 0.6) is 0 Å². The fraction of sp³-hybridized carbons (Fsp3) is 0.455. The van der Waals surface area contributed by atoms with E-state index in [-0.39, 0.29) is 18.6 Å². The van der Waals surface area contributed by atoms with Crippen LogP contribution >= 0.6 is 0 Å². The van der Waals surface area contributed by atoms with E-state index in [0.29, 0.717) is 12.1 Å². The van der Waals surface area contributed by atoms with Crippen molar-refractivity contribution < 1.29 is 27.4 Å². The summed E-state index contributed by atoms with van der Waals surface area (Å²) < 4.78 is 54.8. The molecule has 0 radical (unpaired) electrons. The lowest BCUT2D eigenvalue weighted by atomic mass is 10.0. The number of ether oxygens (including phenoxy) is 1. The number of methoxy groups -OCH3 is 1. The molecule has 1 atom stereocenters. The van der Waals surface area contributed by atoms with E-state index in [2.05, 4.69) is 0 Å². The van der Waals surface area contributed by atoms with Gasteiger partial charge in [0.15, 0.2) is 0 Å². The fourth-order valence-corrected chi connectivity index (χ4v) is 1.36. The zero-order chi connectivity index (χ0) is 13.1. The second-order valence-electron chi connectivity index (χ2n) is 3.53. The number of benzene rings is 1. The summed E-state index contributed by atoms with van der Waals surface area (Å²) in [4.78, 5) is 0. The summed E-state index contributed by atoms with van der Waals surface area (Å²) in [5.74, 6) is -1.35. The van der Waals surface area contributed by atoms with Crippen LogP contribution in [0, 0.1) is 5.82 Å². The Bertz CT molecular complexity index is 376. The van der Waals surface area contributed by atoms with E-state index < -0.39 is 23.7 Å². The smallest absolute Gasteiger partial charge is 0.388 e. The number of halogens is 4. The molecule has 6 heteroatoms. The molecule has 1 unspecified atom stereocenters. The maximum atomic E-state index is 13.0. The summed E-state index contributed by atoms with van der Waals surface area (Å²) in [5, 5.41) is 9.56. The normalized spacial score (nSPS) is 13.8. The van der Waals surface area contributed by atoms with E-state index in [0.717, 1.165) is 6.07 Å². The molecule has 96 valence electrons. The SMILES string of the molecule is COCCC(O)c1ccc(F)c(C(F)(F)F)c1. The van der Waals surface area contributed by atoms with Crippen molar-refractivity contribution >= 4 is 0 Å². The van der Waals surface area contributed by atoms with Gasteiger partial charge in [-0.2, -0.15) is 13.2 Å². The zero-order valence-electron chi connectivity index (χ0n) is 9.09. The van der Waals surface area contributed by atoms with E-state index in [1.54, 1.807) is 0 Å². The predicted octanol–water partition coefficient (Wildman–Crippen LogP) is 2.91. The lowest BCUT2D eigenvalue weighted by molar-refractivity contribution is -0.140. The van der Waals surface area contributed by atoms with Crippen molar-refractivity contribution in [2.24, 2.45) is 0 Å². The number of aliphatic hydroxyl groups excluding tert-OH is 1. The average Bonchev–Trinajstić information content (AvgIpc) is 2.25. The van der Waals surface area contributed by atoms with E-state index >= 15 is 0 Å². The van der Waals surface area contributed by atoms with Crippen LogP contribution < -0.4 is 0 Å². The highest BCUT2D eigenvalue weighted by atomic mass is 19.4. The second-order valence-corrected chi connectivity index (χ2v) is 3.53. The van der Waals surface area contributed by atoms with Gasteiger partial charge in [-0.25, -0.2) is 4.39 Å².